The molecule has 1 fully saturated rings. The van der Waals surface area contributed by atoms with Gasteiger partial charge < -0.3 is 10.2 Å². The van der Waals surface area contributed by atoms with E-state index in [0.717, 1.165) is 23.8 Å². The molecule has 0 radical (unpaired) electrons. The molecule has 1 aliphatic heterocycles. The van der Waals surface area contributed by atoms with Crippen LogP contribution in [0, 0.1) is 5.92 Å². The Balaban J connectivity index is 1.52. The van der Waals surface area contributed by atoms with Crippen molar-refractivity contribution in [1.29, 1.82) is 0 Å². The summed E-state index contributed by atoms with van der Waals surface area (Å²) in [6, 6.07) is 3.67. The summed E-state index contributed by atoms with van der Waals surface area (Å²) in [4.78, 5) is 26.8. The van der Waals surface area contributed by atoms with Gasteiger partial charge in [-0.15, -0.1) is 11.3 Å². The normalized spacial score (nSPS) is 16.6. The second-order valence-electron chi connectivity index (χ2n) is 6.13. The summed E-state index contributed by atoms with van der Waals surface area (Å²) in [6.07, 6.45) is 4.15. The van der Waals surface area contributed by atoms with E-state index in [0.29, 0.717) is 13.0 Å². The van der Waals surface area contributed by atoms with Gasteiger partial charge in [-0.05, 0) is 56.3 Å². The fraction of sp³-hybridized carbons (Fsp3) is 0.647. The first kappa shape index (κ1) is 17.2. The molecule has 2 heterocycles. The molecule has 22 heavy (non-hydrogen) atoms. The number of carbonyl (C=O) groups excluding carboxylic acids is 2. The van der Waals surface area contributed by atoms with Gasteiger partial charge in [0.1, 0.15) is 0 Å². The first-order chi connectivity index (χ1) is 10.6. The zero-order valence-corrected chi connectivity index (χ0v) is 14.2. The number of likely N-dealkylation sites (tertiary alicyclic amines) is 1. The van der Waals surface area contributed by atoms with E-state index in [9.17, 15) is 9.59 Å². The maximum atomic E-state index is 11.8. The van der Waals surface area contributed by atoms with Crippen LogP contribution in [0.5, 0.6) is 0 Å². The predicted molar refractivity (Wildman–Crippen MR) is 90.3 cm³/mol. The van der Waals surface area contributed by atoms with Crippen LogP contribution in [0.15, 0.2) is 17.5 Å². The van der Waals surface area contributed by atoms with E-state index in [1.54, 1.807) is 0 Å². The fourth-order valence-corrected chi connectivity index (χ4v) is 3.39. The van der Waals surface area contributed by atoms with Crippen LogP contribution < -0.4 is 5.32 Å². The van der Waals surface area contributed by atoms with Gasteiger partial charge in [0.15, 0.2) is 5.78 Å². The minimum Gasteiger partial charge on any atom is -0.356 e. The number of carbonyl (C=O) groups is 2. The van der Waals surface area contributed by atoms with Crippen molar-refractivity contribution < 1.29 is 9.59 Å². The zero-order chi connectivity index (χ0) is 15.8. The van der Waals surface area contributed by atoms with E-state index in [-0.39, 0.29) is 18.1 Å². The molecule has 0 spiro atoms. The van der Waals surface area contributed by atoms with Crippen LogP contribution in [-0.4, -0.2) is 42.8 Å². The Morgan fingerprint density at radius 3 is 2.77 bits per heavy atom. The highest BCUT2D eigenvalue weighted by Gasteiger charge is 2.15. The first-order valence-corrected chi connectivity index (χ1v) is 9.09. The van der Waals surface area contributed by atoms with Crippen LogP contribution in [0.25, 0.3) is 0 Å². The van der Waals surface area contributed by atoms with Crippen LogP contribution in [0.4, 0.5) is 0 Å². The molecule has 0 unspecified atom stereocenters. The number of piperidine rings is 1. The van der Waals surface area contributed by atoms with E-state index in [4.69, 9.17) is 0 Å². The van der Waals surface area contributed by atoms with Gasteiger partial charge >= 0.3 is 0 Å². The Hall–Kier alpha value is -1.20. The van der Waals surface area contributed by atoms with Gasteiger partial charge in [0.25, 0.3) is 0 Å². The molecule has 0 aromatic carbocycles. The average Bonchev–Trinajstić information content (AvgIpc) is 3.05. The van der Waals surface area contributed by atoms with Gasteiger partial charge in [0.2, 0.25) is 5.91 Å². The minimum absolute atomic E-state index is 0.0165. The van der Waals surface area contributed by atoms with Crippen LogP contribution in [0.1, 0.15) is 48.7 Å². The zero-order valence-electron chi connectivity index (χ0n) is 13.3. The number of thiophene rings is 1. The highest BCUT2D eigenvalue weighted by Crippen LogP contribution is 2.15. The Labute approximate surface area is 136 Å². The molecule has 0 saturated carbocycles. The third kappa shape index (κ3) is 5.89. The second kappa shape index (κ2) is 9.06. The highest BCUT2D eigenvalue weighted by molar-refractivity contribution is 7.12. The molecule has 1 aromatic rings. The average molecular weight is 322 g/mol. The maximum Gasteiger partial charge on any atom is 0.220 e. The number of hydrogen-bond acceptors (Lipinski definition) is 4. The summed E-state index contributed by atoms with van der Waals surface area (Å²) >= 11 is 1.43. The molecule has 2 rings (SSSR count). The molecular weight excluding hydrogens is 296 g/mol. The topological polar surface area (TPSA) is 49.4 Å². The maximum absolute atomic E-state index is 11.8. The number of Topliss-reactive ketones (excluding diaryl/α,β-unsaturated/α-hetero) is 1. The van der Waals surface area contributed by atoms with E-state index < -0.39 is 0 Å². The monoisotopic (exact) mass is 322 g/mol. The summed E-state index contributed by atoms with van der Waals surface area (Å²) in [7, 11) is 0. The molecule has 4 nitrogen and oxygen atoms in total. The number of rotatable bonds is 8. The van der Waals surface area contributed by atoms with Gasteiger partial charge in [-0.2, -0.15) is 0 Å². The van der Waals surface area contributed by atoms with Gasteiger partial charge in [-0.1, -0.05) is 13.0 Å². The number of nitrogens with one attached hydrogen (secondary N) is 1. The molecule has 1 saturated heterocycles. The third-order valence-corrected chi connectivity index (χ3v) is 5.14. The van der Waals surface area contributed by atoms with Gasteiger partial charge in [0, 0.05) is 19.4 Å². The van der Waals surface area contributed by atoms with Crippen molar-refractivity contribution >= 4 is 23.0 Å². The number of amides is 1. The molecular formula is C17H26N2O2S. The molecule has 1 aliphatic rings. The Morgan fingerprint density at radius 1 is 1.32 bits per heavy atom. The van der Waals surface area contributed by atoms with E-state index in [1.165, 1.54) is 37.3 Å². The highest BCUT2D eigenvalue weighted by atomic mass is 32.1. The smallest absolute Gasteiger partial charge is 0.220 e. The van der Waals surface area contributed by atoms with Crippen LogP contribution in [0.2, 0.25) is 0 Å². The fourth-order valence-electron chi connectivity index (χ4n) is 2.69. The van der Waals surface area contributed by atoms with Crippen molar-refractivity contribution in [3.8, 4) is 0 Å². The summed E-state index contributed by atoms with van der Waals surface area (Å²) in [5.74, 6) is 0.904. The van der Waals surface area contributed by atoms with Crippen molar-refractivity contribution in [1.82, 2.24) is 10.2 Å². The third-order valence-electron chi connectivity index (χ3n) is 4.22. The number of nitrogens with zero attached hydrogens (tertiary/aromatic N) is 1. The van der Waals surface area contributed by atoms with Gasteiger partial charge in [-0.3, -0.25) is 9.59 Å². The minimum atomic E-state index is -0.0165. The van der Waals surface area contributed by atoms with Crippen molar-refractivity contribution in [2.75, 3.05) is 26.2 Å². The Bertz CT molecular complexity index is 465. The molecule has 1 amide bonds. The molecule has 0 atom stereocenters. The second-order valence-corrected chi connectivity index (χ2v) is 7.08. The largest absolute Gasteiger partial charge is 0.356 e. The lowest BCUT2D eigenvalue weighted by molar-refractivity contribution is -0.121. The van der Waals surface area contributed by atoms with E-state index in [1.807, 2.05) is 17.5 Å². The van der Waals surface area contributed by atoms with Crippen molar-refractivity contribution in [2.45, 2.75) is 39.0 Å². The SMILES string of the molecule is CC1CCN(CCCNC(=O)CCC(=O)c2cccs2)CC1. The molecule has 0 bridgehead atoms. The van der Waals surface area contributed by atoms with E-state index in [2.05, 4.69) is 17.1 Å². The van der Waals surface area contributed by atoms with E-state index >= 15 is 0 Å². The first-order valence-electron chi connectivity index (χ1n) is 8.21. The van der Waals surface area contributed by atoms with Crippen molar-refractivity contribution in [2.24, 2.45) is 5.92 Å². The molecule has 122 valence electrons. The van der Waals surface area contributed by atoms with Crippen LogP contribution in [-0.2, 0) is 4.79 Å². The standard InChI is InChI=1S/C17H26N2O2S/c1-14-7-11-19(12-8-14)10-3-9-18-17(21)6-5-15(20)16-4-2-13-22-16/h2,4,13-14H,3,5-12H2,1H3,(H,18,21). The van der Waals surface area contributed by atoms with Gasteiger partial charge in [0.05, 0.1) is 4.88 Å². The predicted octanol–water partition coefficient (Wildman–Crippen LogP) is 2.95. The lowest BCUT2D eigenvalue weighted by Gasteiger charge is -2.30. The lowest BCUT2D eigenvalue weighted by atomic mass is 9.99. The molecule has 1 aromatic heterocycles. The number of hydrogen-bond donors (Lipinski definition) is 1. The lowest BCUT2D eigenvalue weighted by Crippen LogP contribution is -2.35. The quantitative estimate of drug-likeness (QED) is 0.591. The summed E-state index contributed by atoms with van der Waals surface area (Å²) in [5, 5.41) is 4.80. The number of ketones is 1. The van der Waals surface area contributed by atoms with Crippen molar-refractivity contribution in [3.63, 3.8) is 0 Å². The Morgan fingerprint density at radius 2 is 2.09 bits per heavy atom. The van der Waals surface area contributed by atoms with Gasteiger partial charge in [-0.25, -0.2) is 0 Å². The van der Waals surface area contributed by atoms with Crippen LogP contribution >= 0.6 is 11.3 Å². The van der Waals surface area contributed by atoms with Crippen LogP contribution in [0.3, 0.4) is 0 Å². The van der Waals surface area contributed by atoms with Crippen molar-refractivity contribution in [3.05, 3.63) is 22.4 Å². The Kier molecular flexibility index (Phi) is 7.06. The molecule has 5 heteroatoms. The summed E-state index contributed by atoms with van der Waals surface area (Å²) in [5.41, 5.74) is 0. The molecule has 1 N–H and O–H groups in total. The molecule has 0 aliphatic carbocycles. The summed E-state index contributed by atoms with van der Waals surface area (Å²) < 4.78 is 0. The summed E-state index contributed by atoms with van der Waals surface area (Å²) in [6.45, 7) is 6.45.